The van der Waals surface area contributed by atoms with E-state index < -0.39 is 0 Å². The van der Waals surface area contributed by atoms with E-state index in [0.717, 1.165) is 43.0 Å². The van der Waals surface area contributed by atoms with Crippen molar-refractivity contribution in [1.29, 1.82) is 0 Å². The van der Waals surface area contributed by atoms with Crippen molar-refractivity contribution in [2.75, 3.05) is 6.54 Å². The number of fused-ring (bicyclic) bond motifs is 2. The van der Waals surface area contributed by atoms with Crippen molar-refractivity contribution in [3.8, 4) is 11.3 Å². The third kappa shape index (κ3) is 3.10. The number of aryl methyl sites for hydroxylation is 2. The number of benzene rings is 2. The lowest BCUT2D eigenvalue weighted by Crippen LogP contribution is -2.19. The van der Waals surface area contributed by atoms with Crippen molar-refractivity contribution in [2.24, 2.45) is 7.05 Å². The van der Waals surface area contributed by atoms with Gasteiger partial charge in [-0.3, -0.25) is 14.6 Å². The molecule has 0 unspecified atom stereocenters. The summed E-state index contributed by atoms with van der Waals surface area (Å²) in [7, 11) is 2.03. The number of rotatable bonds is 4. The van der Waals surface area contributed by atoms with Crippen LogP contribution in [0.4, 0.5) is 0 Å². The zero-order valence-corrected chi connectivity index (χ0v) is 16.4. The van der Waals surface area contributed by atoms with E-state index in [1.54, 1.807) is 0 Å². The Labute approximate surface area is 165 Å². The van der Waals surface area contributed by atoms with Crippen molar-refractivity contribution in [3.63, 3.8) is 0 Å². The van der Waals surface area contributed by atoms with Crippen LogP contribution >= 0.6 is 0 Å². The number of nitrogens with zero attached hydrogens (tertiary/aromatic N) is 4. The maximum absolute atomic E-state index is 4.83. The van der Waals surface area contributed by atoms with Crippen LogP contribution in [0.15, 0.2) is 60.7 Å². The van der Waals surface area contributed by atoms with Gasteiger partial charge in [0.1, 0.15) is 0 Å². The summed E-state index contributed by atoms with van der Waals surface area (Å²) < 4.78 is 1.99. The van der Waals surface area contributed by atoms with Crippen LogP contribution in [0.1, 0.15) is 22.5 Å². The Morgan fingerprint density at radius 1 is 0.964 bits per heavy atom. The second kappa shape index (κ2) is 6.88. The summed E-state index contributed by atoms with van der Waals surface area (Å²) in [6, 6.07) is 21.5. The van der Waals surface area contributed by atoms with E-state index in [1.807, 2.05) is 11.7 Å². The summed E-state index contributed by atoms with van der Waals surface area (Å²) >= 11 is 0. The molecule has 0 atom stereocenters. The van der Waals surface area contributed by atoms with Gasteiger partial charge in [0, 0.05) is 49.7 Å². The molecule has 0 aliphatic carbocycles. The SMILES string of the molecule is Cc1cc(-c2cccc3c2CN(CCc2ccc4ccccc4n2)C3)n(C)n1. The second-order valence-corrected chi connectivity index (χ2v) is 7.69. The number of hydrogen-bond donors (Lipinski definition) is 0. The van der Waals surface area contributed by atoms with Gasteiger partial charge in [0.05, 0.1) is 16.9 Å². The van der Waals surface area contributed by atoms with Gasteiger partial charge in [-0.05, 0) is 36.2 Å². The molecule has 5 rings (SSSR count). The third-order valence-corrected chi connectivity index (χ3v) is 5.67. The first-order chi connectivity index (χ1) is 13.7. The van der Waals surface area contributed by atoms with Gasteiger partial charge >= 0.3 is 0 Å². The van der Waals surface area contributed by atoms with E-state index in [9.17, 15) is 0 Å². The number of para-hydroxylation sites is 1. The minimum Gasteiger partial charge on any atom is -0.294 e. The van der Waals surface area contributed by atoms with Gasteiger partial charge in [0.2, 0.25) is 0 Å². The van der Waals surface area contributed by atoms with Crippen LogP contribution in [0.3, 0.4) is 0 Å². The molecule has 0 radical (unpaired) electrons. The molecule has 4 nitrogen and oxygen atoms in total. The van der Waals surface area contributed by atoms with E-state index in [-0.39, 0.29) is 0 Å². The molecule has 4 aromatic rings. The van der Waals surface area contributed by atoms with E-state index in [2.05, 4.69) is 77.6 Å². The predicted molar refractivity (Wildman–Crippen MR) is 113 cm³/mol. The molecule has 0 bridgehead atoms. The Morgan fingerprint density at radius 3 is 2.71 bits per heavy atom. The topological polar surface area (TPSA) is 34.0 Å². The van der Waals surface area contributed by atoms with E-state index >= 15 is 0 Å². The lowest BCUT2D eigenvalue weighted by Gasteiger charge is -2.15. The molecular formula is C24H24N4. The van der Waals surface area contributed by atoms with Crippen molar-refractivity contribution in [3.05, 3.63) is 83.2 Å². The average molecular weight is 368 g/mol. The second-order valence-electron chi connectivity index (χ2n) is 7.69. The lowest BCUT2D eigenvalue weighted by molar-refractivity contribution is 0.287. The molecule has 0 saturated carbocycles. The van der Waals surface area contributed by atoms with E-state index in [4.69, 9.17) is 4.98 Å². The van der Waals surface area contributed by atoms with Crippen LogP contribution in [0.25, 0.3) is 22.2 Å². The van der Waals surface area contributed by atoms with Crippen molar-refractivity contribution >= 4 is 10.9 Å². The molecule has 0 fully saturated rings. The van der Waals surface area contributed by atoms with Crippen LogP contribution in [0, 0.1) is 6.92 Å². The van der Waals surface area contributed by atoms with Gasteiger partial charge in [-0.2, -0.15) is 5.10 Å². The summed E-state index contributed by atoms with van der Waals surface area (Å²) in [4.78, 5) is 7.35. The Balaban J connectivity index is 1.34. The first-order valence-corrected chi connectivity index (χ1v) is 9.86. The van der Waals surface area contributed by atoms with Crippen LogP contribution in [0.5, 0.6) is 0 Å². The molecule has 2 aromatic heterocycles. The van der Waals surface area contributed by atoms with E-state index in [1.165, 1.54) is 27.8 Å². The van der Waals surface area contributed by atoms with E-state index in [0.29, 0.717) is 0 Å². The Kier molecular flexibility index (Phi) is 4.21. The molecule has 0 N–H and O–H groups in total. The molecule has 1 aliphatic heterocycles. The highest BCUT2D eigenvalue weighted by atomic mass is 15.3. The molecule has 3 heterocycles. The first kappa shape index (κ1) is 17.1. The van der Waals surface area contributed by atoms with Crippen LogP contribution in [-0.4, -0.2) is 26.2 Å². The van der Waals surface area contributed by atoms with Gasteiger partial charge in [-0.25, -0.2) is 0 Å². The summed E-state index contributed by atoms with van der Waals surface area (Å²) in [5, 5.41) is 5.73. The first-order valence-electron chi connectivity index (χ1n) is 9.86. The molecule has 4 heteroatoms. The monoisotopic (exact) mass is 368 g/mol. The van der Waals surface area contributed by atoms with Gasteiger partial charge in [0.25, 0.3) is 0 Å². The maximum atomic E-state index is 4.83. The minimum absolute atomic E-state index is 0.971. The van der Waals surface area contributed by atoms with Gasteiger partial charge in [-0.15, -0.1) is 0 Å². The zero-order valence-electron chi connectivity index (χ0n) is 16.4. The van der Waals surface area contributed by atoms with Gasteiger partial charge in [0.15, 0.2) is 0 Å². The highest BCUT2D eigenvalue weighted by Gasteiger charge is 2.23. The normalized spacial score (nSPS) is 13.9. The Morgan fingerprint density at radius 2 is 1.86 bits per heavy atom. The fourth-order valence-corrected chi connectivity index (χ4v) is 4.27. The highest BCUT2D eigenvalue weighted by molar-refractivity contribution is 5.78. The molecule has 1 aliphatic rings. The Bertz CT molecular complexity index is 1160. The summed E-state index contributed by atoms with van der Waals surface area (Å²) in [5.74, 6) is 0. The summed E-state index contributed by atoms with van der Waals surface area (Å²) in [5.41, 5.74) is 8.70. The van der Waals surface area contributed by atoms with Crippen LogP contribution in [-0.2, 0) is 26.6 Å². The molecule has 28 heavy (non-hydrogen) atoms. The average Bonchev–Trinajstić information content (AvgIpc) is 3.28. The lowest BCUT2D eigenvalue weighted by atomic mass is 10.0. The molecule has 0 amide bonds. The van der Waals surface area contributed by atoms with Crippen molar-refractivity contribution in [1.82, 2.24) is 19.7 Å². The quantitative estimate of drug-likeness (QED) is 0.532. The smallest absolute Gasteiger partial charge is 0.0705 e. The fraction of sp³-hybridized carbons (Fsp3) is 0.250. The third-order valence-electron chi connectivity index (χ3n) is 5.67. The van der Waals surface area contributed by atoms with Crippen molar-refractivity contribution < 1.29 is 0 Å². The standard InChI is InChI=1S/C24H24N4/c1-17-14-24(27(2)26-17)21-8-5-7-19-15-28(16-22(19)21)13-12-20-11-10-18-6-3-4-9-23(18)25-20/h3-11,14H,12-13,15-16H2,1-2H3. The van der Waals surface area contributed by atoms with Gasteiger partial charge in [-0.1, -0.05) is 42.5 Å². The number of hydrogen-bond acceptors (Lipinski definition) is 3. The van der Waals surface area contributed by atoms with Crippen LogP contribution in [0.2, 0.25) is 0 Å². The molecule has 2 aromatic carbocycles. The fourth-order valence-electron chi connectivity index (χ4n) is 4.27. The molecule has 0 saturated heterocycles. The zero-order chi connectivity index (χ0) is 19.1. The summed E-state index contributed by atoms with van der Waals surface area (Å²) in [6.45, 7) is 5.07. The minimum atomic E-state index is 0.971. The largest absolute Gasteiger partial charge is 0.294 e. The molecular weight excluding hydrogens is 344 g/mol. The maximum Gasteiger partial charge on any atom is 0.0705 e. The van der Waals surface area contributed by atoms with Crippen LogP contribution < -0.4 is 0 Å². The molecule has 140 valence electrons. The van der Waals surface area contributed by atoms with Gasteiger partial charge < -0.3 is 0 Å². The molecule has 0 spiro atoms. The summed E-state index contributed by atoms with van der Waals surface area (Å²) in [6.07, 6.45) is 0.971. The van der Waals surface area contributed by atoms with Crippen molar-refractivity contribution in [2.45, 2.75) is 26.4 Å². The predicted octanol–water partition coefficient (Wildman–Crippen LogP) is 4.50. The number of pyridine rings is 1. The number of aromatic nitrogens is 3. The Hall–Kier alpha value is -2.98. The highest BCUT2D eigenvalue weighted by Crippen LogP contribution is 2.32.